The van der Waals surface area contributed by atoms with E-state index >= 15 is 0 Å². The van der Waals surface area contributed by atoms with E-state index in [4.69, 9.17) is 10.7 Å². The number of rotatable bonds is 2. The van der Waals surface area contributed by atoms with E-state index in [9.17, 15) is 17.2 Å². The molecule has 0 atom stereocenters. The summed E-state index contributed by atoms with van der Waals surface area (Å²) in [6.45, 7) is 0. The van der Waals surface area contributed by atoms with Gasteiger partial charge in [-0.05, 0) is 6.07 Å². The number of hydrogen-bond acceptors (Lipinski definition) is 3. The van der Waals surface area contributed by atoms with E-state index in [1.54, 1.807) is 0 Å². The summed E-state index contributed by atoms with van der Waals surface area (Å²) in [6.07, 6.45) is -1.95. The molecule has 0 amide bonds. The summed E-state index contributed by atoms with van der Waals surface area (Å²) in [5.74, 6) is 0. The molecule has 1 heterocycles. The first-order chi connectivity index (χ1) is 6.32. The molecule has 1 aromatic heterocycles. The van der Waals surface area contributed by atoms with E-state index in [-0.39, 0.29) is 10.0 Å². The van der Waals surface area contributed by atoms with Gasteiger partial charge in [0.1, 0.15) is 0 Å². The first-order valence-electron chi connectivity index (χ1n) is 3.20. The second-order valence-electron chi connectivity index (χ2n) is 2.28. The van der Waals surface area contributed by atoms with E-state index in [1.807, 2.05) is 0 Å². The summed E-state index contributed by atoms with van der Waals surface area (Å²) in [4.78, 5) is 3.30. The zero-order chi connectivity index (χ0) is 10.9. The molecule has 1 aromatic rings. The van der Waals surface area contributed by atoms with Crippen LogP contribution in [0, 0.1) is 0 Å². The monoisotopic (exact) mass is 305 g/mol. The van der Waals surface area contributed by atoms with Crippen LogP contribution in [0.1, 0.15) is 12.0 Å². The zero-order valence-corrected chi connectivity index (χ0v) is 9.57. The Morgan fingerprint density at radius 3 is 2.43 bits per heavy atom. The fourth-order valence-electron chi connectivity index (χ4n) is 0.718. The standard InChI is InChI=1S/C6H3BrClF2NO2S/c7-4-1-5(14(8,12)13)11-2-3(4)6(9)10/h1-2,6H. The third kappa shape index (κ3) is 2.61. The highest BCUT2D eigenvalue weighted by molar-refractivity contribution is 9.10. The summed E-state index contributed by atoms with van der Waals surface area (Å²) in [5.41, 5.74) is -0.380. The van der Waals surface area contributed by atoms with E-state index < -0.39 is 20.5 Å². The summed E-state index contributed by atoms with van der Waals surface area (Å²) < 4.78 is 45.9. The van der Waals surface area contributed by atoms with Gasteiger partial charge in [-0.3, -0.25) is 0 Å². The van der Waals surface area contributed by atoms with Gasteiger partial charge in [-0.1, -0.05) is 15.9 Å². The predicted molar refractivity (Wildman–Crippen MR) is 49.9 cm³/mol. The number of hydrogen-bond donors (Lipinski definition) is 0. The normalized spacial score (nSPS) is 12.1. The number of nitrogens with zero attached hydrogens (tertiary/aromatic N) is 1. The van der Waals surface area contributed by atoms with Crippen molar-refractivity contribution in [3.8, 4) is 0 Å². The van der Waals surface area contributed by atoms with E-state index in [1.165, 1.54) is 0 Å². The van der Waals surface area contributed by atoms with Crippen LogP contribution in [0.25, 0.3) is 0 Å². The maximum Gasteiger partial charge on any atom is 0.278 e. The molecule has 1 rings (SSSR count). The molecule has 0 spiro atoms. The molecule has 14 heavy (non-hydrogen) atoms. The maximum absolute atomic E-state index is 12.2. The van der Waals surface area contributed by atoms with Gasteiger partial charge < -0.3 is 0 Å². The lowest BCUT2D eigenvalue weighted by molar-refractivity contribution is 0.150. The minimum atomic E-state index is -3.98. The molecule has 3 nitrogen and oxygen atoms in total. The van der Waals surface area contributed by atoms with Crippen LogP contribution in [-0.2, 0) is 9.05 Å². The second-order valence-corrected chi connectivity index (χ2v) is 5.65. The Hall–Kier alpha value is -0.270. The lowest BCUT2D eigenvalue weighted by atomic mass is 10.3. The minimum absolute atomic E-state index is 0.0401. The van der Waals surface area contributed by atoms with Crippen LogP contribution < -0.4 is 0 Å². The van der Waals surface area contributed by atoms with Crippen LogP contribution in [0.3, 0.4) is 0 Å². The van der Waals surface area contributed by atoms with Crippen molar-refractivity contribution in [2.75, 3.05) is 0 Å². The number of alkyl halides is 2. The summed E-state index contributed by atoms with van der Waals surface area (Å²) in [5, 5.41) is -0.463. The van der Waals surface area contributed by atoms with Crippen LogP contribution in [0.2, 0.25) is 0 Å². The minimum Gasteiger partial charge on any atom is -0.243 e. The topological polar surface area (TPSA) is 47.0 Å². The van der Waals surface area contributed by atoms with Gasteiger partial charge in [0.25, 0.3) is 15.5 Å². The number of aromatic nitrogens is 1. The van der Waals surface area contributed by atoms with Gasteiger partial charge in [-0.2, -0.15) is 0 Å². The molecule has 0 aliphatic heterocycles. The molecule has 0 unspecified atom stereocenters. The molecular formula is C6H3BrClF2NO2S. The predicted octanol–water partition coefficient (Wildman–Crippen LogP) is 2.71. The third-order valence-corrected chi connectivity index (χ3v) is 3.23. The molecule has 0 aliphatic rings. The van der Waals surface area contributed by atoms with E-state index in [0.717, 1.165) is 12.3 Å². The summed E-state index contributed by atoms with van der Waals surface area (Å²) in [7, 11) is 0.982. The van der Waals surface area contributed by atoms with Crippen molar-refractivity contribution < 1.29 is 17.2 Å². The molecule has 0 bridgehead atoms. The third-order valence-electron chi connectivity index (χ3n) is 1.34. The fraction of sp³-hybridized carbons (Fsp3) is 0.167. The van der Waals surface area contributed by atoms with Gasteiger partial charge in [-0.25, -0.2) is 22.2 Å². The van der Waals surface area contributed by atoms with Crippen LogP contribution in [0.15, 0.2) is 21.8 Å². The summed E-state index contributed by atoms with van der Waals surface area (Å²) in [6, 6.07) is 0.934. The van der Waals surface area contributed by atoms with Gasteiger partial charge in [0.2, 0.25) is 0 Å². The quantitative estimate of drug-likeness (QED) is 0.789. The Kier molecular flexibility index (Phi) is 3.44. The lowest BCUT2D eigenvalue weighted by Crippen LogP contribution is -1.97. The molecule has 0 aromatic carbocycles. The zero-order valence-electron chi connectivity index (χ0n) is 6.42. The molecule has 0 saturated carbocycles. The molecule has 0 radical (unpaired) electrons. The second kappa shape index (κ2) is 4.08. The fourth-order valence-corrected chi connectivity index (χ4v) is 2.05. The molecule has 0 aliphatic carbocycles. The number of halogens is 4. The Bertz CT molecular complexity index is 451. The van der Waals surface area contributed by atoms with Gasteiger partial charge in [0.05, 0.1) is 5.56 Å². The molecule has 0 saturated heterocycles. The molecule has 0 N–H and O–H groups in total. The molecule has 8 heteroatoms. The van der Waals surface area contributed by atoms with Crippen molar-refractivity contribution in [3.05, 3.63) is 22.3 Å². The van der Waals surface area contributed by atoms with Gasteiger partial charge in [0.15, 0.2) is 5.03 Å². The van der Waals surface area contributed by atoms with Gasteiger partial charge in [-0.15, -0.1) is 0 Å². The molecule has 0 fully saturated rings. The Labute approximate surface area is 91.6 Å². The van der Waals surface area contributed by atoms with Crippen LogP contribution in [0.5, 0.6) is 0 Å². The van der Waals surface area contributed by atoms with Crippen molar-refractivity contribution in [2.24, 2.45) is 0 Å². The van der Waals surface area contributed by atoms with Gasteiger partial charge >= 0.3 is 0 Å². The maximum atomic E-state index is 12.2. The van der Waals surface area contributed by atoms with Gasteiger partial charge in [0, 0.05) is 21.4 Å². The largest absolute Gasteiger partial charge is 0.278 e. The highest BCUT2D eigenvalue weighted by Gasteiger charge is 2.17. The average molecular weight is 307 g/mol. The summed E-state index contributed by atoms with van der Waals surface area (Å²) >= 11 is 2.80. The van der Waals surface area contributed by atoms with Crippen molar-refractivity contribution in [2.45, 2.75) is 11.5 Å². The van der Waals surface area contributed by atoms with Crippen molar-refractivity contribution >= 4 is 35.7 Å². The Morgan fingerprint density at radius 1 is 1.50 bits per heavy atom. The van der Waals surface area contributed by atoms with E-state index in [2.05, 4.69) is 20.9 Å². The Balaban J connectivity index is 3.27. The average Bonchev–Trinajstić information content (AvgIpc) is 2.01. The first kappa shape index (κ1) is 11.8. The highest BCUT2D eigenvalue weighted by Crippen LogP contribution is 2.28. The first-order valence-corrected chi connectivity index (χ1v) is 6.31. The lowest BCUT2D eigenvalue weighted by Gasteiger charge is -2.03. The molecular weight excluding hydrogens is 303 g/mol. The van der Waals surface area contributed by atoms with Crippen molar-refractivity contribution in [1.82, 2.24) is 4.98 Å². The SMILES string of the molecule is O=S(=O)(Cl)c1cc(Br)c(C(F)F)cn1. The Morgan fingerprint density at radius 2 is 2.07 bits per heavy atom. The van der Waals surface area contributed by atoms with Crippen LogP contribution in [0.4, 0.5) is 8.78 Å². The molecule has 78 valence electrons. The van der Waals surface area contributed by atoms with E-state index in [0.29, 0.717) is 0 Å². The van der Waals surface area contributed by atoms with Crippen LogP contribution in [-0.4, -0.2) is 13.4 Å². The smallest absolute Gasteiger partial charge is 0.243 e. The highest BCUT2D eigenvalue weighted by atomic mass is 79.9. The van der Waals surface area contributed by atoms with Crippen molar-refractivity contribution in [3.63, 3.8) is 0 Å². The number of pyridine rings is 1. The van der Waals surface area contributed by atoms with Crippen LogP contribution >= 0.6 is 26.6 Å². The van der Waals surface area contributed by atoms with Crippen molar-refractivity contribution in [1.29, 1.82) is 0 Å².